The highest BCUT2D eigenvalue weighted by Gasteiger charge is 2.35. The van der Waals surface area contributed by atoms with Crippen LogP contribution in [0.1, 0.15) is 30.4 Å². The highest BCUT2D eigenvalue weighted by atomic mass is 35.5. The minimum atomic E-state index is 0.0768. The van der Waals surface area contributed by atoms with Crippen molar-refractivity contribution in [3.05, 3.63) is 34.3 Å². The van der Waals surface area contributed by atoms with Crippen LogP contribution in [-0.2, 0) is 13.0 Å². The molecule has 0 spiro atoms. The van der Waals surface area contributed by atoms with Crippen molar-refractivity contribution in [2.45, 2.75) is 44.3 Å². The molecule has 2 heterocycles. The lowest BCUT2D eigenvalue weighted by Gasteiger charge is -2.34. The molecular weight excluding hydrogens is 312 g/mol. The zero-order chi connectivity index (χ0) is 15.8. The third kappa shape index (κ3) is 3.18. The highest BCUT2D eigenvalue weighted by Crippen LogP contribution is 2.27. The van der Waals surface area contributed by atoms with Gasteiger partial charge in [-0.25, -0.2) is 4.79 Å². The lowest BCUT2D eigenvalue weighted by Crippen LogP contribution is -2.49. The van der Waals surface area contributed by atoms with Crippen molar-refractivity contribution in [1.29, 1.82) is 0 Å². The molecule has 2 amide bonds. The predicted molar refractivity (Wildman–Crippen MR) is 90.2 cm³/mol. The summed E-state index contributed by atoms with van der Waals surface area (Å²) in [5.74, 6) is 0.637. The summed E-state index contributed by atoms with van der Waals surface area (Å²) in [5, 5.41) is 4.02. The number of amides is 2. The van der Waals surface area contributed by atoms with Crippen LogP contribution in [0, 0.1) is 5.92 Å². The molecule has 1 aromatic carbocycles. The molecule has 0 radical (unpaired) electrons. The van der Waals surface area contributed by atoms with Gasteiger partial charge in [-0.15, -0.1) is 0 Å². The predicted octanol–water partition coefficient (Wildman–Crippen LogP) is 2.05. The van der Waals surface area contributed by atoms with Crippen molar-refractivity contribution >= 4 is 17.6 Å². The fraction of sp³-hybridized carbons (Fsp3) is 0.588. The average Bonchev–Trinajstić information content (AvgIpc) is 3.02. The van der Waals surface area contributed by atoms with Crippen LogP contribution in [-0.4, -0.2) is 36.1 Å². The minimum Gasteiger partial charge on any atom is -0.335 e. The number of urea groups is 1. The second kappa shape index (κ2) is 6.30. The smallest absolute Gasteiger partial charge is 0.317 e. The Morgan fingerprint density at radius 3 is 3.13 bits per heavy atom. The second-order valence-corrected chi connectivity index (χ2v) is 7.37. The van der Waals surface area contributed by atoms with Gasteiger partial charge in [0.2, 0.25) is 0 Å². The van der Waals surface area contributed by atoms with E-state index in [4.69, 9.17) is 11.6 Å². The third-order valence-electron chi connectivity index (χ3n) is 5.43. The quantitative estimate of drug-likeness (QED) is 0.737. The molecule has 3 atom stereocenters. The van der Waals surface area contributed by atoms with Crippen LogP contribution in [0.15, 0.2) is 18.2 Å². The normalized spacial score (nSPS) is 29.8. The van der Waals surface area contributed by atoms with Gasteiger partial charge in [0.25, 0.3) is 0 Å². The highest BCUT2D eigenvalue weighted by molar-refractivity contribution is 6.30. The summed E-state index contributed by atoms with van der Waals surface area (Å²) in [4.78, 5) is 14.5. The Labute approximate surface area is 141 Å². The first kappa shape index (κ1) is 15.2. The Hall–Kier alpha value is -1.30. The largest absolute Gasteiger partial charge is 0.335 e. The van der Waals surface area contributed by atoms with Crippen LogP contribution in [0.25, 0.3) is 0 Å². The van der Waals surface area contributed by atoms with Gasteiger partial charge < -0.3 is 10.2 Å². The van der Waals surface area contributed by atoms with Crippen LogP contribution in [0.3, 0.4) is 0 Å². The number of halogens is 1. The Kier molecular flexibility index (Phi) is 4.18. The molecule has 1 aliphatic carbocycles. The molecule has 3 unspecified atom stereocenters. The molecule has 1 aromatic rings. The van der Waals surface area contributed by atoms with Gasteiger partial charge in [0.15, 0.2) is 0 Å². The van der Waals surface area contributed by atoms with Gasteiger partial charge in [0.05, 0.1) is 0 Å². The molecule has 5 nitrogen and oxygen atoms in total. The first-order chi connectivity index (χ1) is 11.2. The first-order valence-electron chi connectivity index (χ1n) is 8.50. The maximum Gasteiger partial charge on any atom is 0.317 e. The maximum atomic E-state index is 12.6. The maximum absolute atomic E-state index is 12.6. The third-order valence-corrected chi connectivity index (χ3v) is 5.66. The summed E-state index contributed by atoms with van der Waals surface area (Å²) < 4.78 is 0. The number of nitrogens with zero attached hydrogens (tertiary/aromatic N) is 1. The van der Waals surface area contributed by atoms with Gasteiger partial charge >= 0.3 is 6.03 Å². The van der Waals surface area contributed by atoms with Gasteiger partial charge in [-0.05, 0) is 54.9 Å². The summed E-state index contributed by atoms with van der Waals surface area (Å²) in [7, 11) is 0. The molecular formula is C17H23ClN4O. The summed E-state index contributed by atoms with van der Waals surface area (Å²) >= 11 is 6.05. The van der Waals surface area contributed by atoms with E-state index < -0.39 is 0 Å². The summed E-state index contributed by atoms with van der Waals surface area (Å²) in [5.41, 5.74) is 9.04. The van der Waals surface area contributed by atoms with Crippen molar-refractivity contribution in [2.24, 2.45) is 5.92 Å². The van der Waals surface area contributed by atoms with Crippen LogP contribution in [0.5, 0.6) is 0 Å². The van der Waals surface area contributed by atoms with E-state index in [1.54, 1.807) is 0 Å². The fourth-order valence-electron chi connectivity index (χ4n) is 4.09. The van der Waals surface area contributed by atoms with E-state index in [2.05, 4.69) is 16.2 Å². The topological polar surface area (TPSA) is 56.4 Å². The van der Waals surface area contributed by atoms with E-state index >= 15 is 0 Å². The minimum absolute atomic E-state index is 0.0768. The Morgan fingerprint density at radius 2 is 2.22 bits per heavy atom. The van der Waals surface area contributed by atoms with E-state index in [-0.39, 0.29) is 6.03 Å². The molecule has 1 saturated carbocycles. The molecule has 2 aliphatic heterocycles. The van der Waals surface area contributed by atoms with Crippen LogP contribution < -0.4 is 16.2 Å². The van der Waals surface area contributed by atoms with E-state index in [1.807, 2.05) is 23.1 Å². The molecule has 3 aliphatic rings. The van der Waals surface area contributed by atoms with Crippen LogP contribution in [0.2, 0.25) is 5.02 Å². The van der Waals surface area contributed by atoms with Crippen LogP contribution >= 0.6 is 11.6 Å². The molecule has 0 aromatic heterocycles. The van der Waals surface area contributed by atoms with Gasteiger partial charge in [-0.2, -0.15) is 0 Å². The monoisotopic (exact) mass is 334 g/mol. The molecule has 23 heavy (non-hydrogen) atoms. The molecule has 2 fully saturated rings. The van der Waals surface area contributed by atoms with E-state index in [1.165, 1.54) is 11.1 Å². The molecule has 1 saturated heterocycles. The van der Waals surface area contributed by atoms with Gasteiger partial charge in [0, 0.05) is 36.7 Å². The molecule has 3 N–H and O–H groups in total. The van der Waals surface area contributed by atoms with Crippen molar-refractivity contribution < 1.29 is 4.79 Å². The number of benzene rings is 1. The zero-order valence-corrected chi connectivity index (χ0v) is 13.9. The fourth-order valence-corrected chi connectivity index (χ4v) is 4.29. The summed E-state index contributed by atoms with van der Waals surface area (Å²) in [6, 6.07) is 6.93. The van der Waals surface area contributed by atoms with Crippen LogP contribution in [0.4, 0.5) is 4.79 Å². The molecule has 124 valence electrons. The number of carbonyl (C=O) groups is 1. The van der Waals surface area contributed by atoms with Crippen molar-refractivity contribution in [2.75, 3.05) is 13.1 Å². The Balaban J connectivity index is 1.35. The zero-order valence-electron chi connectivity index (χ0n) is 13.1. The SMILES string of the molecule is O=C(NC1CCC2NNCC2C1)N1CCc2cc(Cl)ccc2C1. The average molecular weight is 335 g/mol. The number of fused-ring (bicyclic) bond motifs is 2. The number of rotatable bonds is 1. The van der Waals surface area contributed by atoms with E-state index in [0.29, 0.717) is 24.5 Å². The number of nitrogens with one attached hydrogen (secondary N) is 3. The molecule has 6 heteroatoms. The van der Waals surface area contributed by atoms with Crippen molar-refractivity contribution in [3.8, 4) is 0 Å². The van der Waals surface area contributed by atoms with E-state index in [9.17, 15) is 4.79 Å². The van der Waals surface area contributed by atoms with Gasteiger partial charge in [-0.3, -0.25) is 10.9 Å². The Morgan fingerprint density at radius 1 is 1.30 bits per heavy atom. The number of hydrogen-bond donors (Lipinski definition) is 3. The number of carbonyl (C=O) groups excluding carboxylic acids is 1. The van der Waals surface area contributed by atoms with Crippen molar-refractivity contribution in [1.82, 2.24) is 21.1 Å². The lowest BCUT2D eigenvalue weighted by atomic mass is 9.83. The second-order valence-electron chi connectivity index (χ2n) is 6.94. The lowest BCUT2D eigenvalue weighted by molar-refractivity contribution is 0.179. The van der Waals surface area contributed by atoms with E-state index in [0.717, 1.165) is 43.8 Å². The first-order valence-corrected chi connectivity index (χ1v) is 8.88. The molecule has 0 bridgehead atoms. The molecule has 4 rings (SSSR count). The Bertz CT molecular complexity index is 608. The standard InChI is InChI=1S/C17H23ClN4O/c18-14-2-1-12-10-22(6-5-11(12)7-14)17(23)20-15-3-4-16-13(8-15)9-19-21-16/h1-2,7,13,15-16,19,21H,3-6,8-10H2,(H,20,23). The summed E-state index contributed by atoms with van der Waals surface area (Å²) in [6.07, 6.45) is 4.13. The number of hydrogen-bond acceptors (Lipinski definition) is 3. The van der Waals surface area contributed by atoms with Gasteiger partial charge in [0.1, 0.15) is 0 Å². The number of hydrazine groups is 1. The van der Waals surface area contributed by atoms with Crippen molar-refractivity contribution in [3.63, 3.8) is 0 Å². The van der Waals surface area contributed by atoms with Gasteiger partial charge in [-0.1, -0.05) is 17.7 Å². The summed E-state index contributed by atoms with van der Waals surface area (Å²) in [6.45, 7) is 2.45.